The average Bonchev–Trinajstić information content (AvgIpc) is 4.01. The zero-order chi connectivity index (χ0) is 43.5. The fourth-order valence-electron chi connectivity index (χ4n) is 10.1. The summed E-state index contributed by atoms with van der Waals surface area (Å²) in [6, 6.07) is 27.2. The van der Waals surface area contributed by atoms with Gasteiger partial charge in [-0.25, -0.2) is 14.3 Å². The van der Waals surface area contributed by atoms with Gasteiger partial charge in [0.05, 0.1) is 41.8 Å². The molecule has 13 heteroatoms. The van der Waals surface area contributed by atoms with Crippen LogP contribution in [0.1, 0.15) is 84.5 Å². The van der Waals surface area contributed by atoms with Gasteiger partial charge in [-0.3, -0.25) is 14.2 Å². The van der Waals surface area contributed by atoms with E-state index in [0.29, 0.717) is 38.7 Å². The van der Waals surface area contributed by atoms with Gasteiger partial charge in [0.15, 0.2) is 0 Å². The van der Waals surface area contributed by atoms with E-state index in [1.54, 1.807) is 25.5 Å². The number of carbonyl (C=O) groups is 1. The molecule has 1 N–H and O–H groups in total. The van der Waals surface area contributed by atoms with E-state index in [1.165, 1.54) is 23.8 Å². The predicted molar refractivity (Wildman–Crippen MR) is 240 cm³/mol. The summed E-state index contributed by atoms with van der Waals surface area (Å²) in [7, 11) is -1.86. The second-order valence-corrected chi connectivity index (χ2v) is 23.8. The lowest BCUT2D eigenvalue weighted by atomic mass is 10.00. The number of aryl methyl sites for hydroxylation is 1. The molecule has 2 fully saturated rings. The van der Waals surface area contributed by atoms with E-state index in [2.05, 4.69) is 25.8 Å². The number of hydrogen-bond acceptors (Lipinski definition) is 10. The van der Waals surface area contributed by atoms with Crippen molar-refractivity contribution in [1.82, 2.24) is 14.1 Å². The first kappa shape index (κ1) is 42.6. The van der Waals surface area contributed by atoms with E-state index in [-0.39, 0.29) is 18.0 Å². The van der Waals surface area contributed by atoms with Crippen LogP contribution in [0.3, 0.4) is 0 Å². The third kappa shape index (κ3) is 7.53. The summed E-state index contributed by atoms with van der Waals surface area (Å²) in [5.41, 5.74) is -2.43. The molecule has 3 heterocycles. The molecule has 2 aliphatic rings. The predicted octanol–water partition coefficient (Wildman–Crippen LogP) is 7.73. The number of aliphatic hydroxyl groups is 1. The lowest BCUT2D eigenvalue weighted by molar-refractivity contribution is -0.144. The van der Waals surface area contributed by atoms with Gasteiger partial charge in [-0.2, -0.15) is 0 Å². The summed E-state index contributed by atoms with van der Waals surface area (Å²) in [5, 5.41) is 12.3. The fourth-order valence-corrected chi connectivity index (χ4v) is 15.8. The Kier molecular flexibility index (Phi) is 11.2. The van der Waals surface area contributed by atoms with Crippen LogP contribution in [0.4, 0.5) is 0 Å². The Morgan fingerprint density at radius 2 is 1.54 bits per heavy atom. The number of benzene rings is 3. The summed E-state index contributed by atoms with van der Waals surface area (Å²) >= 11 is 1.24. The number of oxazole rings is 1. The molecule has 0 bridgehead atoms. The maximum Gasteiger partial charge on any atom is 0.333 e. The quantitative estimate of drug-likeness (QED) is 0.123. The van der Waals surface area contributed by atoms with Crippen molar-refractivity contribution in [3.05, 3.63) is 129 Å². The van der Waals surface area contributed by atoms with Gasteiger partial charge in [-0.1, -0.05) is 99.6 Å². The highest BCUT2D eigenvalue weighted by Crippen LogP contribution is 2.50. The normalized spacial score (nSPS) is 21.1. The molecule has 320 valence electrons. The molecule has 2 aliphatic carbocycles. The fraction of sp³-hybridized carbons (Fsp3) is 0.417. The minimum atomic E-state index is -3.46. The van der Waals surface area contributed by atoms with Crippen LogP contribution in [-0.4, -0.2) is 52.3 Å². The van der Waals surface area contributed by atoms with E-state index in [1.807, 2.05) is 98.8 Å². The monoisotopic (exact) mass is 861 g/mol. The van der Waals surface area contributed by atoms with Gasteiger partial charge in [0, 0.05) is 5.56 Å². The van der Waals surface area contributed by atoms with E-state index in [4.69, 9.17) is 18.3 Å². The van der Waals surface area contributed by atoms with Crippen molar-refractivity contribution in [1.29, 1.82) is 0 Å². The van der Waals surface area contributed by atoms with Crippen LogP contribution in [0.2, 0.25) is 5.04 Å². The van der Waals surface area contributed by atoms with E-state index >= 15 is 14.4 Å². The van der Waals surface area contributed by atoms with Gasteiger partial charge in [0.1, 0.15) is 28.5 Å². The molecule has 8 rings (SSSR count). The minimum absolute atomic E-state index is 0.00431. The average molecular weight is 862 g/mol. The first-order valence-electron chi connectivity index (χ1n) is 21.0. The highest BCUT2D eigenvalue weighted by atomic mass is 32.1. The standard InChI is InChI=1S/C48H55N3O8SSi/c1-30-39-42(52)51(47(5,6)44(53)59-61(46(2,3)4,34-17-11-9-12-18-34)35-19-13-10-14-20-35)45(54)50(43(39)60-40(30)41-49-23-24-57-41)29-38(36-21-15-16-22-37(36)56-8)58-33-25-31-27-48(7,55)28-32(31)26-33/h9-24,31-33,38,55H,25-29H2,1-8H3/t31-,32+,33?,38?,48?. The molecule has 3 unspecified atom stereocenters. The Bertz CT molecular complexity index is 2610. The number of thiophene rings is 1. The highest BCUT2D eigenvalue weighted by molar-refractivity contribution is 7.22. The third-order valence-electron chi connectivity index (χ3n) is 13.0. The molecule has 0 saturated heterocycles. The zero-order valence-electron chi connectivity index (χ0n) is 36.1. The third-order valence-corrected chi connectivity index (χ3v) is 19.2. The summed E-state index contributed by atoms with van der Waals surface area (Å²) in [6.07, 6.45) is 5.19. The van der Waals surface area contributed by atoms with Gasteiger partial charge < -0.3 is 23.4 Å². The van der Waals surface area contributed by atoms with Crippen LogP contribution < -0.4 is 26.4 Å². The Labute approximate surface area is 361 Å². The van der Waals surface area contributed by atoms with Crippen molar-refractivity contribution >= 4 is 46.2 Å². The van der Waals surface area contributed by atoms with Crippen LogP contribution in [0.5, 0.6) is 5.75 Å². The van der Waals surface area contributed by atoms with Crippen molar-refractivity contribution < 1.29 is 28.2 Å². The number of methoxy groups -OCH3 is 1. The molecule has 11 nitrogen and oxygen atoms in total. The molecule has 6 aromatic rings. The molecule has 61 heavy (non-hydrogen) atoms. The Morgan fingerprint density at radius 1 is 0.951 bits per heavy atom. The van der Waals surface area contributed by atoms with Gasteiger partial charge in [0.25, 0.3) is 5.56 Å². The molecule has 0 spiro atoms. The summed E-state index contributed by atoms with van der Waals surface area (Å²) < 4.78 is 28.3. The topological polar surface area (TPSA) is 135 Å². The summed E-state index contributed by atoms with van der Waals surface area (Å²) in [5.74, 6) is 0.891. The van der Waals surface area contributed by atoms with E-state index < -0.39 is 47.8 Å². The molecular weight excluding hydrogens is 807 g/mol. The summed E-state index contributed by atoms with van der Waals surface area (Å²) in [4.78, 5) is 51.2. The van der Waals surface area contributed by atoms with Crippen molar-refractivity contribution in [3.8, 4) is 16.5 Å². The van der Waals surface area contributed by atoms with Gasteiger partial charge >= 0.3 is 20.0 Å². The first-order valence-corrected chi connectivity index (χ1v) is 23.7. The van der Waals surface area contributed by atoms with Crippen molar-refractivity contribution in [2.75, 3.05) is 7.11 Å². The number of fused-ring (bicyclic) bond motifs is 2. The second-order valence-electron chi connectivity index (χ2n) is 18.6. The maximum absolute atomic E-state index is 15.4. The minimum Gasteiger partial charge on any atom is -0.508 e. The molecule has 2 saturated carbocycles. The molecule has 3 aromatic heterocycles. The van der Waals surface area contributed by atoms with Crippen molar-refractivity contribution in [3.63, 3.8) is 0 Å². The van der Waals surface area contributed by atoms with Crippen LogP contribution in [0.25, 0.3) is 21.0 Å². The SMILES string of the molecule is COc1ccccc1C(Cn1c(=O)n(C(C)(C)C(=O)O[Si](c2ccccc2)(c2ccccc2)C(C)(C)C)c(=O)c2c(C)c(-c3ncco3)sc21)OC1C[C@@H]2CC(C)(O)C[C@@H]2C1. The molecule has 3 aromatic carbocycles. The highest BCUT2D eigenvalue weighted by Gasteiger charge is 2.55. The lowest BCUT2D eigenvalue weighted by Gasteiger charge is -2.43. The largest absolute Gasteiger partial charge is 0.508 e. The van der Waals surface area contributed by atoms with Crippen LogP contribution in [0.15, 0.2) is 111 Å². The van der Waals surface area contributed by atoms with E-state index in [9.17, 15) is 5.11 Å². The number of ether oxygens (including phenoxy) is 2. The van der Waals surface area contributed by atoms with Gasteiger partial charge in [-0.15, -0.1) is 11.3 Å². The first-order chi connectivity index (χ1) is 29.0. The molecule has 5 atom stereocenters. The van der Waals surface area contributed by atoms with Gasteiger partial charge in [-0.05, 0) is 92.3 Å². The Morgan fingerprint density at radius 3 is 2.10 bits per heavy atom. The second kappa shape index (κ2) is 16.0. The summed E-state index contributed by atoms with van der Waals surface area (Å²) in [6.45, 7) is 13.1. The maximum atomic E-state index is 15.4. The van der Waals surface area contributed by atoms with E-state index in [0.717, 1.165) is 46.2 Å². The smallest absolute Gasteiger partial charge is 0.333 e. The number of hydrogen-bond donors (Lipinski definition) is 1. The van der Waals surface area contributed by atoms with Crippen LogP contribution in [0, 0.1) is 18.8 Å². The molecule has 0 aliphatic heterocycles. The van der Waals surface area contributed by atoms with Gasteiger partial charge in [0.2, 0.25) is 5.89 Å². The molecule has 0 radical (unpaired) electrons. The number of carbonyl (C=O) groups excluding carboxylic acids is 1. The molecule has 0 amide bonds. The molecular formula is C48H55N3O8SSi. The van der Waals surface area contributed by atoms with Crippen molar-refractivity contribution in [2.24, 2.45) is 11.8 Å². The Balaban J connectivity index is 1.29. The number of para-hydroxylation sites is 1. The Hall–Kier alpha value is -5.08. The lowest BCUT2D eigenvalue weighted by Crippen LogP contribution is -2.69. The number of nitrogens with zero attached hydrogens (tertiary/aromatic N) is 3. The number of rotatable bonds is 12. The number of aromatic nitrogens is 3. The van der Waals surface area contributed by atoms with Crippen LogP contribution in [-0.2, 0) is 26.0 Å². The van der Waals surface area contributed by atoms with Crippen molar-refractivity contribution in [2.45, 2.75) is 109 Å². The zero-order valence-corrected chi connectivity index (χ0v) is 38.0. The van der Waals surface area contributed by atoms with Crippen LogP contribution >= 0.6 is 11.3 Å².